The smallest absolute Gasteiger partial charge is 0.356 e. The van der Waals surface area contributed by atoms with E-state index in [0.717, 1.165) is 16.7 Å². The van der Waals surface area contributed by atoms with E-state index in [1.807, 2.05) is 60.7 Å². The Morgan fingerprint density at radius 3 is 2.00 bits per heavy atom. The molecule has 0 N–H and O–H groups in total. The molecular formula is C30H29FN2O6. The summed E-state index contributed by atoms with van der Waals surface area (Å²) in [7, 11) is 0. The number of esters is 2. The number of oxime groups is 2. The lowest BCUT2D eigenvalue weighted by Crippen LogP contribution is -2.29. The molecule has 2 atom stereocenters. The van der Waals surface area contributed by atoms with Crippen molar-refractivity contribution in [1.82, 2.24) is 0 Å². The fourth-order valence-corrected chi connectivity index (χ4v) is 4.22. The molecule has 0 saturated heterocycles. The summed E-state index contributed by atoms with van der Waals surface area (Å²) in [6.07, 6.45) is 0.547. The number of nitrogens with zero attached hydrogens (tertiary/aromatic N) is 2. The van der Waals surface area contributed by atoms with Gasteiger partial charge in [0.2, 0.25) is 0 Å². The second-order valence-corrected chi connectivity index (χ2v) is 8.69. The number of rotatable bonds is 7. The molecule has 0 aliphatic carbocycles. The maximum Gasteiger partial charge on any atom is 0.356 e. The molecule has 0 fully saturated rings. The van der Waals surface area contributed by atoms with Crippen LogP contribution in [0.2, 0.25) is 0 Å². The first-order valence-corrected chi connectivity index (χ1v) is 12.6. The quantitative estimate of drug-likeness (QED) is 0.374. The van der Waals surface area contributed by atoms with Crippen molar-refractivity contribution >= 4 is 23.4 Å². The minimum Gasteiger partial charge on any atom is -0.461 e. The number of ether oxygens (including phenoxy) is 2. The van der Waals surface area contributed by atoms with E-state index in [1.165, 1.54) is 12.1 Å². The molecule has 0 saturated carbocycles. The van der Waals surface area contributed by atoms with Crippen LogP contribution in [0.15, 0.2) is 95.2 Å². The van der Waals surface area contributed by atoms with Crippen LogP contribution >= 0.6 is 0 Å². The Balaban J connectivity index is 0.000000193. The maximum absolute atomic E-state index is 13.3. The van der Waals surface area contributed by atoms with Gasteiger partial charge in [0.1, 0.15) is 5.82 Å². The lowest BCUT2D eigenvalue weighted by molar-refractivity contribution is -0.136. The monoisotopic (exact) mass is 532 g/mol. The van der Waals surface area contributed by atoms with Gasteiger partial charge in [-0.25, -0.2) is 14.0 Å². The van der Waals surface area contributed by atoms with Crippen molar-refractivity contribution in [1.29, 1.82) is 0 Å². The third-order valence-corrected chi connectivity index (χ3v) is 6.14. The second kappa shape index (κ2) is 12.8. The van der Waals surface area contributed by atoms with E-state index >= 15 is 0 Å². The van der Waals surface area contributed by atoms with Crippen LogP contribution in [0.1, 0.15) is 49.5 Å². The lowest BCUT2D eigenvalue weighted by atomic mass is 9.82. The molecule has 202 valence electrons. The first-order chi connectivity index (χ1) is 19.0. The van der Waals surface area contributed by atoms with Crippen molar-refractivity contribution in [3.63, 3.8) is 0 Å². The topological polar surface area (TPSA) is 95.8 Å². The second-order valence-electron chi connectivity index (χ2n) is 8.69. The Hall–Kier alpha value is -4.53. The standard InChI is InChI=1S/C18H16FNO3.C12H13NO3/c1-2-22-17(21)16-12-18(23-20-16,13-6-4-3-5-7-13)14-8-10-15(19)11-9-14;1-2-15-12(14)10-8-11(16-13-10)9-6-4-3-5-7-9/h3-11H,2,12H2,1H3;3-7,11H,2,8H2,1H3. The SMILES string of the molecule is CCOC(=O)C1=NOC(c2ccccc2)(c2ccc(F)cc2)C1.CCOC(=O)C1=NOC(c2ccccc2)C1. The van der Waals surface area contributed by atoms with E-state index in [2.05, 4.69) is 10.3 Å². The number of carbonyl (C=O) groups is 2. The Morgan fingerprint density at radius 1 is 0.821 bits per heavy atom. The van der Waals surface area contributed by atoms with E-state index in [9.17, 15) is 14.0 Å². The minimum absolute atomic E-state index is 0.166. The Morgan fingerprint density at radius 2 is 1.38 bits per heavy atom. The molecule has 3 aromatic rings. The summed E-state index contributed by atoms with van der Waals surface area (Å²) in [6, 6.07) is 25.2. The molecule has 2 heterocycles. The Kier molecular flexibility index (Phi) is 9.04. The lowest BCUT2D eigenvalue weighted by Gasteiger charge is -2.27. The average molecular weight is 533 g/mol. The van der Waals surface area contributed by atoms with Crippen LogP contribution in [-0.4, -0.2) is 36.6 Å². The maximum atomic E-state index is 13.3. The van der Waals surface area contributed by atoms with Crippen molar-refractivity contribution in [2.24, 2.45) is 10.3 Å². The molecule has 0 aromatic heterocycles. The predicted octanol–water partition coefficient (Wildman–Crippen LogP) is 5.48. The average Bonchev–Trinajstić information content (AvgIpc) is 3.65. The van der Waals surface area contributed by atoms with E-state index < -0.39 is 11.6 Å². The first kappa shape index (κ1) is 27.5. The highest BCUT2D eigenvalue weighted by molar-refractivity contribution is 6.37. The molecule has 2 unspecified atom stereocenters. The van der Waals surface area contributed by atoms with Crippen LogP contribution in [0.25, 0.3) is 0 Å². The molecule has 2 aliphatic rings. The van der Waals surface area contributed by atoms with Gasteiger partial charge in [0, 0.05) is 17.5 Å². The van der Waals surface area contributed by atoms with Crippen LogP contribution in [0.5, 0.6) is 0 Å². The van der Waals surface area contributed by atoms with Gasteiger partial charge in [0.05, 0.1) is 19.6 Å². The fraction of sp³-hybridized carbons (Fsp3) is 0.267. The van der Waals surface area contributed by atoms with Gasteiger partial charge < -0.3 is 19.1 Å². The van der Waals surface area contributed by atoms with Gasteiger partial charge in [0.25, 0.3) is 0 Å². The van der Waals surface area contributed by atoms with Gasteiger partial charge in [-0.2, -0.15) is 0 Å². The fourth-order valence-electron chi connectivity index (χ4n) is 4.22. The van der Waals surface area contributed by atoms with Gasteiger partial charge in [-0.15, -0.1) is 0 Å². The number of hydrogen-bond acceptors (Lipinski definition) is 8. The van der Waals surface area contributed by atoms with E-state index in [1.54, 1.807) is 26.0 Å². The Labute approximate surface area is 226 Å². The molecule has 39 heavy (non-hydrogen) atoms. The molecule has 0 spiro atoms. The van der Waals surface area contributed by atoms with E-state index in [4.69, 9.17) is 19.1 Å². The molecule has 2 aliphatic heterocycles. The summed E-state index contributed by atoms with van der Waals surface area (Å²) in [4.78, 5) is 34.2. The summed E-state index contributed by atoms with van der Waals surface area (Å²) >= 11 is 0. The molecular weight excluding hydrogens is 503 g/mol. The zero-order chi connectivity index (χ0) is 27.7. The van der Waals surface area contributed by atoms with Crippen molar-refractivity contribution in [2.45, 2.75) is 38.4 Å². The van der Waals surface area contributed by atoms with Gasteiger partial charge in [-0.3, -0.25) is 0 Å². The summed E-state index contributed by atoms with van der Waals surface area (Å²) in [6.45, 7) is 4.13. The van der Waals surface area contributed by atoms with E-state index in [-0.39, 0.29) is 36.6 Å². The van der Waals surface area contributed by atoms with Crippen molar-refractivity contribution in [2.75, 3.05) is 13.2 Å². The summed E-state index contributed by atoms with van der Waals surface area (Å²) < 4.78 is 23.1. The molecule has 0 bridgehead atoms. The van der Waals surface area contributed by atoms with Crippen LogP contribution < -0.4 is 0 Å². The van der Waals surface area contributed by atoms with Crippen molar-refractivity contribution in [3.8, 4) is 0 Å². The zero-order valence-electron chi connectivity index (χ0n) is 21.7. The van der Waals surface area contributed by atoms with Crippen LogP contribution in [0.4, 0.5) is 4.39 Å². The molecule has 5 rings (SSSR count). The highest BCUT2D eigenvalue weighted by atomic mass is 19.1. The Bertz CT molecular complexity index is 1330. The minimum atomic E-state index is -0.947. The normalized spacial score (nSPS) is 19.4. The van der Waals surface area contributed by atoms with Crippen LogP contribution in [0.3, 0.4) is 0 Å². The number of hydrogen-bond donors (Lipinski definition) is 0. The zero-order valence-corrected chi connectivity index (χ0v) is 21.7. The van der Waals surface area contributed by atoms with E-state index in [0.29, 0.717) is 18.7 Å². The summed E-state index contributed by atoms with van der Waals surface area (Å²) in [5, 5.41) is 7.69. The van der Waals surface area contributed by atoms with Gasteiger partial charge >= 0.3 is 11.9 Å². The molecule has 8 nitrogen and oxygen atoms in total. The van der Waals surface area contributed by atoms with Crippen LogP contribution in [-0.2, 0) is 34.3 Å². The highest BCUT2D eigenvalue weighted by Gasteiger charge is 2.45. The van der Waals surface area contributed by atoms with Gasteiger partial charge in [-0.1, -0.05) is 83.1 Å². The predicted molar refractivity (Wildman–Crippen MR) is 142 cm³/mol. The molecule has 0 amide bonds. The summed E-state index contributed by atoms with van der Waals surface area (Å²) in [5.41, 5.74) is 2.22. The largest absolute Gasteiger partial charge is 0.461 e. The first-order valence-electron chi connectivity index (χ1n) is 12.6. The van der Waals surface area contributed by atoms with Gasteiger partial charge in [-0.05, 0) is 31.5 Å². The number of carbonyl (C=O) groups excluding carboxylic acids is 2. The summed E-state index contributed by atoms with van der Waals surface area (Å²) in [5.74, 6) is -1.21. The van der Waals surface area contributed by atoms with Crippen molar-refractivity contribution in [3.05, 3.63) is 107 Å². The third kappa shape index (κ3) is 6.49. The van der Waals surface area contributed by atoms with Crippen molar-refractivity contribution < 1.29 is 33.1 Å². The molecule has 9 heteroatoms. The number of benzene rings is 3. The van der Waals surface area contributed by atoms with Crippen LogP contribution in [0, 0.1) is 5.82 Å². The van der Waals surface area contributed by atoms with Gasteiger partial charge in [0.15, 0.2) is 23.1 Å². The highest BCUT2D eigenvalue weighted by Crippen LogP contribution is 2.41. The molecule has 0 radical (unpaired) electrons. The number of halogens is 1. The molecule has 3 aromatic carbocycles. The third-order valence-electron chi connectivity index (χ3n) is 6.14.